The molecule has 3 aromatic rings. The Morgan fingerprint density at radius 3 is 2.20 bits per heavy atom. The van der Waals surface area contributed by atoms with Crippen LogP contribution in [-0.4, -0.2) is 26.7 Å². The minimum atomic E-state index is 0.179. The highest BCUT2D eigenvalue weighted by atomic mass is 32.2. The summed E-state index contributed by atoms with van der Waals surface area (Å²) in [6.45, 7) is 2.19. The van der Waals surface area contributed by atoms with Crippen molar-refractivity contribution in [2.45, 2.75) is 31.3 Å². The van der Waals surface area contributed by atoms with E-state index in [1.165, 1.54) is 34.8 Å². The van der Waals surface area contributed by atoms with E-state index in [2.05, 4.69) is 58.5 Å². The van der Waals surface area contributed by atoms with Gasteiger partial charge in [0.15, 0.2) is 5.16 Å². The monoisotopic (exact) mass is 351 g/mol. The van der Waals surface area contributed by atoms with Gasteiger partial charge in [-0.15, -0.1) is 0 Å². The van der Waals surface area contributed by atoms with Crippen molar-refractivity contribution in [3.05, 3.63) is 66.0 Å². The molecule has 3 rings (SSSR count). The van der Waals surface area contributed by atoms with Gasteiger partial charge in [0, 0.05) is 6.42 Å². The average Bonchev–Trinajstić information content (AvgIpc) is 3.15. The molecule has 0 atom stereocenters. The Kier molecular flexibility index (Phi) is 6.01. The van der Waals surface area contributed by atoms with Gasteiger partial charge in [0.05, 0.1) is 5.75 Å². The maximum absolute atomic E-state index is 12.1. The lowest BCUT2D eigenvalue weighted by molar-refractivity contribution is -0.116. The number of aromatic nitrogens is 3. The number of carbonyl (C=O) groups excluding carboxylic acids is 1. The number of carbonyl (C=O) groups is 1. The number of aromatic amines is 1. The molecule has 0 saturated carbocycles. The van der Waals surface area contributed by atoms with Gasteiger partial charge in [-0.1, -0.05) is 73.6 Å². The van der Waals surface area contributed by atoms with Gasteiger partial charge in [-0.25, -0.2) is 4.98 Å². The van der Waals surface area contributed by atoms with Crippen molar-refractivity contribution in [3.8, 4) is 11.1 Å². The summed E-state index contributed by atoms with van der Waals surface area (Å²) in [7, 11) is 0. The molecule has 0 radical (unpaired) electrons. The minimum Gasteiger partial charge on any atom is -0.298 e. The van der Waals surface area contributed by atoms with E-state index in [-0.39, 0.29) is 5.78 Å². The second-order valence-electron chi connectivity index (χ2n) is 5.94. The van der Waals surface area contributed by atoms with E-state index in [1.54, 1.807) is 0 Å². The fourth-order valence-corrected chi connectivity index (χ4v) is 3.30. The maximum atomic E-state index is 12.1. The Morgan fingerprint density at radius 1 is 1.00 bits per heavy atom. The first kappa shape index (κ1) is 17.4. The number of rotatable bonds is 8. The zero-order valence-corrected chi connectivity index (χ0v) is 15.1. The van der Waals surface area contributed by atoms with Crippen molar-refractivity contribution in [1.82, 2.24) is 15.2 Å². The number of hydrogen-bond donors (Lipinski definition) is 1. The third-order valence-corrected chi connectivity index (χ3v) is 4.88. The Labute approximate surface area is 152 Å². The molecule has 0 aliphatic carbocycles. The number of aryl methyl sites for hydroxylation is 1. The van der Waals surface area contributed by atoms with Crippen LogP contribution in [0.15, 0.2) is 60.0 Å². The van der Waals surface area contributed by atoms with Crippen molar-refractivity contribution in [1.29, 1.82) is 0 Å². The molecule has 0 bridgehead atoms. The number of hydrogen-bond acceptors (Lipinski definition) is 4. The fourth-order valence-electron chi connectivity index (χ4n) is 2.66. The zero-order chi connectivity index (χ0) is 17.5. The van der Waals surface area contributed by atoms with Crippen LogP contribution in [0.2, 0.25) is 0 Å². The van der Waals surface area contributed by atoms with Gasteiger partial charge >= 0.3 is 0 Å². The van der Waals surface area contributed by atoms with Crippen LogP contribution >= 0.6 is 11.8 Å². The van der Waals surface area contributed by atoms with Crippen LogP contribution in [-0.2, 0) is 17.6 Å². The molecule has 1 aromatic heterocycles. The molecule has 0 amide bonds. The van der Waals surface area contributed by atoms with Crippen molar-refractivity contribution < 1.29 is 4.79 Å². The highest BCUT2D eigenvalue weighted by molar-refractivity contribution is 7.99. The van der Waals surface area contributed by atoms with Gasteiger partial charge in [-0.05, 0) is 28.7 Å². The minimum absolute atomic E-state index is 0.179. The number of thioether (sulfide) groups is 1. The molecule has 1 heterocycles. The standard InChI is InChI=1S/C20H21N3OS/c1-2-3-15-4-8-17(9-5-15)18-10-6-16(7-11-18)12-19(24)13-25-20-21-14-22-23-20/h4-11,14H,2-3,12-13H2,1H3,(H,21,22,23). The third-order valence-electron chi connectivity index (χ3n) is 3.94. The van der Waals surface area contributed by atoms with Crippen molar-refractivity contribution >= 4 is 17.5 Å². The number of nitrogens with one attached hydrogen (secondary N) is 1. The van der Waals surface area contributed by atoms with Gasteiger partial charge in [0.25, 0.3) is 0 Å². The van der Waals surface area contributed by atoms with Gasteiger partial charge in [0.2, 0.25) is 0 Å². The first-order chi connectivity index (χ1) is 12.2. The summed E-state index contributed by atoms with van der Waals surface area (Å²) in [6, 6.07) is 17.0. The summed E-state index contributed by atoms with van der Waals surface area (Å²) in [4.78, 5) is 16.1. The summed E-state index contributed by atoms with van der Waals surface area (Å²) >= 11 is 1.38. The Morgan fingerprint density at radius 2 is 1.64 bits per heavy atom. The molecule has 0 spiro atoms. The van der Waals surface area contributed by atoms with Gasteiger partial charge in [-0.2, -0.15) is 5.10 Å². The number of ketones is 1. The second kappa shape index (κ2) is 8.62. The lowest BCUT2D eigenvalue weighted by Crippen LogP contribution is -2.05. The molecule has 0 aliphatic heterocycles. The van der Waals surface area contributed by atoms with Crippen LogP contribution in [0, 0.1) is 0 Å². The van der Waals surface area contributed by atoms with Crippen LogP contribution < -0.4 is 0 Å². The van der Waals surface area contributed by atoms with E-state index in [4.69, 9.17) is 0 Å². The third kappa shape index (κ3) is 5.03. The van der Waals surface area contributed by atoms with E-state index >= 15 is 0 Å². The molecule has 0 saturated heterocycles. The van der Waals surface area contributed by atoms with Gasteiger partial charge in [-0.3, -0.25) is 9.89 Å². The first-order valence-electron chi connectivity index (χ1n) is 8.42. The Bertz CT molecular complexity index is 796. The van der Waals surface area contributed by atoms with E-state index in [0.717, 1.165) is 18.4 Å². The quantitative estimate of drug-likeness (QED) is 0.614. The van der Waals surface area contributed by atoms with Crippen LogP contribution in [0.1, 0.15) is 24.5 Å². The van der Waals surface area contributed by atoms with Gasteiger partial charge < -0.3 is 0 Å². The van der Waals surface area contributed by atoms with Crippen LogP contribution in [0.25, 0.3) is 11.1 Å². The van der Waals surface area contributed by atoms with Crippen LogP contribution in [0.4, 0.5) is 0 Å². The fraction of sp³-hybridized carbons (Fsp3) is 0.250. The largest absolute Gasteiger partial charge is 0.298 e. The normalized spacial score (nSPS) is 10.8. The van der Waals surface area contributed by atoms with E-state index in [0.29, 0.717) is 17.3 Å². The Balaban J connectivity index is 1.57. The summed E-state index contributed by atoms with van der Waals surface area (Å²) < 4.78 is 0. The summed E-state index contributed by atoms with van der Waals surface area (Å²) in [5.41, 5.74) is 4.79. The average molecular weight is 351 g/mol. The smallest absolute Gasteiger partial charge is 0.183 e. The van der Waals surface area contributed by atoms with E-state index in [9.17, 15) is 4.79 Å². The van der Waals surface area contributed by atoms with E-state index < -0.39 is 0 Å². The van der Waals surface area contributed by atoms with Crippen molar-refractivity contribution in [2.24, 2.45) is 0 Å². The summed E-state index contributed by atoms with van der Waals surface area (Å²) in [5, 5.41) is 7.19. The van der Waals surface area contributed by atoms with Crippen LogP contribution in [0.5, 0.6) is 0 Å². The molecule has 0 unspecified atom stereocenters. The lowest BCUT2D eigenvalue weighted by Gasteiger charge is -2.06. The number of benzene rings is 2. The molecule has 128 valence electrons. The van der Waals surface area contributed by atoms with Crippen molar-refractivity contribution in [3.63, 3.8) is 0 Å². The predicted molar refractivity (Wildman–Crippen MR) is 102 cm³/mol. The second-order valence-corrected chi connectivity index (χ2v) is 6.90. The van der Waals surface area contributed by atoms with Gasteiger partial charge in [0.1, 0.15) is 12.1 Å². The highest BCUT2D eigenvalue weighted by Crippen LogP contribution is 2.21. The van der Waals surface area contributed by atoms with E-state index in [1.807, 2.05) is 12.1 Å². The lowest BCUT2D eigenvalue weighted by atomic mass is 10.00. The summed E-state index contributed by atoms with van der Waals surface area (Å²) in [6.07, 6.45) is 4.17. The molecular weight excluding hydrogens is 330 g/mol. The topological polar surface area (TPSA) is 58.6 Å². The molecule has 0 fully saturated rings. The van der Waals surface area contributed by atoms with Crippen molar-refractivity contribution in [2.75, 3.05) is 5.75 Å². The SMILES string of the molecule is CCCc1ccc(-c2ccc(CC(=O)CSc3ncn[nH]3)cc2)cc1. The molecule has 4 nitrogen and oxygen atoms in total. The number of nitrogens with zero attached hydrogens (tertiary/aromatic N) is 2. The molecule has 2 aromatic carbocycles. The first-order valence-corrected chi connectivity index (χ1v) is 9.41. The molecule has 0 aliphatic rings. The predicted octanol–water partition coefficient (Wildman–Crippen LogP) is 4.33. The Hall–Kier alpha value is -2.40. The number of Topliss-reactive ketones (excluding diaryl/α,β-unsaturated/α-hetero) is 1. The molecule has 1 N–H and O–H groups in total. The molecular formula is C20H21N3OS. The van der Waals surface area contributed by atoms with Crippen LogP contribution in [0.3, 0.4) is 0 Å². The zero-order valence-electron chi connectivity index (χ0n) is 14.2. The number of H-pyrrole nitrogens is 1. The maximum Gasteiger partial charge on any atom is 0.183 e. The summed E-state index contributed by atoms with van der Waals surface area (Å²) in [5.74, 6) is 0.577. The molecule has 5 heteroatoms. The molecule has 25 heavy (non-hydrogen) atoms. The highest BCUT2D eigenvalue weighted by Gasteiger charge is 2.07.